The molecular weight excluding hydrogens is 248 g/mol. The van der Waals surface area contributed by atoms with Gasteiger partial charge in [0.25, 0.3) is 0 Å². The Labute approximate surface area is 120 Å². The number of rotatable bonds is 4. The normalized spacial score (nSPS) is 10.7. The third kappa shape index (κ3) is 2.95. The average Bonchev–Trinajstić information content (AvgIpc) is 2.37. The van der Waals surface area contributed by atoms with E-state index in [9.17, 15) is 0 Å². The smallest absolute Gasteiger partial charge is 0.161 e. The summed E-state index contributed by atoms with van der Waals surface area (Å²) in [4.78, 5) is 13.8. The van der Waals surface area contributed by atoms with Crippen molar-refractivity contribution in [3.05, 3.63) is 34.8 Å². The van der Waals surface area contributed by atoms with Gasteiger partial charge in [-0.2, -0.15) is 0 Å². The Morgan fingerprint density at radius 1 is 0.950 bits per heavy atom. The number of pyridine rings is 1. The van der Waals surface area contributed by atoms with Gasteiger partial charge in [0.05, 0.1) is 0 Å². The van der Waals surface area contributed by atoms with Crippen molar-refractivity contribution in [2.24, 2.45) is 0 Å². The van der Waals surface area contributed by atoms with Crippen LogP contribution in [0.4, 0.5) is 5.82 Å². The SMILES string of the molecule is CCNc1nc(-c2cc(C)nc(C)c2)nc(C)c1CC. The van der Waals surface area contributed by atoms with Crippen LogP contribution in [0.2, 0.25) is 0 Å². The van der Waals surface area contributed by atoms with Gasteiger partial charge in [-0.05, 0) is 46.2 Å². The molecule has 106 valence electrons. The van der Waals surface area contributed by atoms with E-state index in [1.807, 2.05) is 32.9 Å². The van der Waals surface area contributed by atoms with Gasteiger partial charge in [0.1, 0.15) is 5.82 Å². The van der Waals surface area contributed by atoms with Gasteiger partial charge in [-0.15, -0.1) is 0 Å². The lowest BCUT2D eigenvalue weighted by molar-refractivity contribution is 0.987. The minimum atomic E-state index is 0.768. The Bertz CT molecular complexity index is 600. The van der Waals surface area contributed by atoms with Gasteiger partial charge in [0.15, 0.2) is 5.82 Å². The molecule has 0 aromatic carbocycles. The summed E-state index contributed by atoms with van der Waals surface area (Å²) < 4.78 is 0. The molecule has 0 atom stereocenters. The third-order valence-electron chi connectivity index (χ3n) is 3.25. The first-order valence-corrected chi connectivity index (χ1v) is 7.12. The zero-order chi connectivity index (χ0) is 14.7. The van der Waals surface area contributed by atoms with Crippen molar-refractivity contribution >= 4 is 5.82 Å². The lowest BCUT2D eigenvalue weighted by Gasteiger charge is -2.13. The molecule has 0 fully saturated rings. The van der Waals surface area contributed by atoms with Crippen molar-refractivity contribution in [3.63, 3.8) is 0 Å². The highest BCUT2D eigenvalue weighted by Crippen LogP contribution is 2.23. The Balaban J connectivity index is 2.57. The van der Waals surface area contributed by atoms with Crippen LogP contribution in [-0.2, 0) is 6.42 Å². The highest BCUT2D eigenvalue weighted by Gasteiger charge is 2.11. The fourth-order valence-corrected chi connectivity index (χ4v) is 2.43. The van der Waals surface area contributed by atoms with E-state index in [-0.39, 0.29) is 0 Å². The molecular formula is C16H22N4. The standard InChI is InChI=1S/C16H22N4/c1-6-14-12(5)19-15(20-16(14)17-7-2)13-8-10(3)18-11(4)9-13/h8-9H,6-7H2,1-5H3,(H,17,19,20). The number of hydrogen-bond acceptors (Lipinski definition) is 4. The maximum absolute atomic E-state index is 4.70. The van der Waals surface area contributed by atoms with Crippen LogP contribution in [0.25, 0.3) is 11.4 Å². The molecule has 2 heterocycles. The maximum atomic E-state index is 4.70. The summed E-state index contributed by atoms with van der Waals surface area (Å²) >= 11 is 0. The molecule has 2 rings (SSSR count). The quantitative estimate of drug-likeness (QED) is 0.924. The molecule has 0 saturated heterocycles. The fraction of sp³-hybridized carbons (Fsp3) is 0.438. The summed E-state index contributed by atoms with van der Waals surface area (Å²) in [6, 6.07) is 4.06. The highest BCUT2D eigenvalue weighted by molar-refractivity contribution is 5.60. The highest BCUT2D eigenvalue weighted by atomic mass is 15.0. The van der Waals surface area contributed by atoms with E-state index < -0.39 is 0 Å². The second-order valence-electron chi connectivity index (χ2n) is 4.98. The van der Waals surface area contributed by atoms with Crippen molar-refractivity contribution in [1.82, 2.24) is 15.0 Å². The lowest BCUT2D eigenvalue weighted by Crippen LogP contribution is -2.08. The lowest BCUT2D eigenvalue weighted by atomic mass is 10.1. The molecule has 0 spiro atoms. The van der Waals surface area contributed by atoms with E-state index in [1.54, 1.807) is 0 Å². The van der Waals surface area contributed by atoms with Gasteiger partial charge in [-0.3, -0.25) is 4.98 Å². The molecule has 4 heteroatoms. The molecule has 2 aromatic heterocycles. The van der Waals surface area contributed by atoms with Crippen molar-refractivity contribution in [1.29, 1.82) is 0 Å². The van der Waals surface area contributed by atoms with Crippen LogP contribution in [0, 0.1) is 20.8 Å². The Hall–Kier alpha value is -1.97. The molecule has 4 nitrogen and oxygen atoms in total. The van der Waals surface area contributed by atoms with E-state index in [2.05, 4.69) is 29.1 Å². The second-order valence-corrected chi connectivity index (χ2v) is 4.98. The van der Waals surface area contributed by atoms with Crippen LogP contribution in [0.3, 0.4) is 0 Å². The number of nitrogens with zero attached hydrogens (tertiary/aromatic N) is 3. The zero-order valence-electron chi connectivity index (χ0n) is 12.9. The van der Waals surface area contributed by atoms with Crippen molar-refractivity contribution < 1.29 is 0 Å². The van der Waals surface area contributed by atoms with Gasteiger partial charge in [0, 0.05) is 34.8 Å². The van der Waals surface area contributed by atoms with Gasteiger partial charge >= 0.3 is 0 Å². The summed E-state index contributed by atoms with van der Waals surface area (Å²) in [7, 11) is 0. The molecule has 0 saturated carbocycles. The molecule has 1 N–H and O–H groups in total. The molecule has 0 radical (unpaired) electrons. The van der Waals surface area contributed by atoms with Crippen LogP contribution in [0.5, 0.6) is 0 Å². The molecule has 0 aliphatic heterocycles. The van der Waals surface area contributed by atoms with E-state index >= 15 is 0 Å². The Morgan fingerprint density at radius 3 is 2.15 bits per heavy atom. The summed E-state index contributed by atoms with van der Waals surface area (Å²) in [5, 5.41) is 3.34. The third-order valence-corrected chi connectivity index (χ3v) is 3.25. The maximum Gasteiger partial charge on any atom is 0.161 e. The number of aromatic nitrogens is 3. The molecule has 20 heavy (non-hydrogen) atoms. The van der Waals surface area contributed by atoms with Gasteiger partial charge in [-0.1, -0.05) is 6.92 Å². The molecule has 0 unspecified atom stereocenters. The van der Waals surface area contributed by atoms with Crippen LogP contribution < -0.4 is 5.32 Å². The molecule has 2 aromatic rings. The minimum Gasteiger partial charge on any atom is -0.370 e. The predicted molar refractivity (Wildman–Crippen MR) is 83.0 cm³/mol. The van der Waals surface area contributed by atoms with Crippen molar-refractivity contribution in [2.45, 2.75) is 41.0 Å². The summed E-state index contributed by atoms with van der Waals surface area (Å²) in [6.45, 7) is 11.1. The fourth-order valence-electron chi connectivity index (χ4n) is 2.43. The monoisotopic (exact) mass is 270 g/mol. The van der Waals surface area contributed by atoms with Gasteiger partial charge < -0.3 is 5.32 Å². The number of nitrogens with one attached hydrogen (secondary N) is 1. The van der Waals surface area contributed by atoms with Crippen LogP contribution in [0.1, 0.15) is 36.5 Å². The van der Waals surface area contributed by atoms with Crippen LogP contribution >= 0.6 is 0 Å². The van der Waals surface area contributed by atoms with E-state index in [0.29, 0.717) is 0 Å². The number of anilines is 1. The second kappa shape index (κ2) is 5.99. The zero-order valence-corrected chi connectivity index (χ0v) is 12.9. The summed E-state index contributed by atoms with van der Waals surface area (Å²) in [5.41, 5.74) is 5.25. The van der Waals surface area contributed by atoms with E-state index in [4.69, 9.17) is 4.98 Å². The largest absolute Gasteiger partial charge is 0.370 e. The molecule has 0 aliphatic rings. The summed E-state index contributed by atoms with van der Waals surface area (Å²) in [6.07, 6.45) is 0.933. The Kier molecular flexibility index (Phi) is 4.32. The molecule has 0 bridgehead atoms. The van der Waals surface area contributed by atoms with Crippen LogP contribution in [-0.4, -0.2) is 21.5 Å². The number of aryl methyl sites for hydroxylation is 3. The van der Waals surface area contributed by atoms with Gasteiger partial charge in [-0.25, -0.2) is 9.97 Å². The first kappa shape index (κ1) is 14.4. The first-order valence-electron chi connectivity index (χ1n) is 7.12. The van der Waals surface area contributed by atoms with Gasteiger partial charge in [0.2, 0.25) is 0 Å². The summed E-state index contributed by atoms with van der Waals surface area (Å²) in [5.74, 6) is 1.72. The van der Waals surface area contributed by atoms with Crippen LogP contribution in [0.15, 0.2) is 12.1 Å². The van der Waals surface area contributed by atoms with Crippen molar-refractivity contribution in [2.75, 3.05) is 11.9 Å². The molecule has 0 aliphatic carbocycles. The Morgan fingerprint density at radius 2 is 1.60 bits per heavy atom. The van der Waals surface area contributed by atoms with E-state index in [0.717, 1.165) is 47.3 Å². The topological polar surface area (TPSA) is 50.7 Å². The van der Waals surface area contributed by atoms with E-state index in [1.165, 1.54) is 5.56 Å². The first-order chi connectivity index (χ1) is 9.55. The number of hydrogen-bond donors (Lipinski definition) is 1. The molecule has 0 amide bonds. The minimum absolute atomic E-state index is 0.768. The van der Waals surface area contributed by atoms with Crippen molar-refractivity contribution in [3.8, 4) is 11.4 Å². The average molecular weight is 270 g/mol. The predicted octanol–water partition coefficient (Wildman–Crippen LogP) is 3.46.